The van der Waals surface area contributed by atoms with Gasteiger partial charge in [0, 0.05) is 5.69 Å². The highest BCUT2D eigenvalue weighted by molar-refractivity contribution is 14.1. The number of carbonyl (C=O) groups is 4. The first-order valence-corrected chi connectivity index (χ1v) is 17.3. The lowest BCUT2D eigenvalue weighted by atomic mass is 9.48. The Bertz CT molecular complexity index is 1740. The normalized spacial score (nSPS) is 25.6. The van der Waals surface area contributed by atoms with Gasteiger partial charge in [0.25, 0.3) is 17.7 Å². The molecule has 0 spiro atoms. The largest absolute Gasteiger partial charge is 0.490 e. The van der Waals surface area contributed by atoms with E-state index in [1.165, 1.54) is 50.2 Å². The summed E-state index contributed by atoms with van der Waals surface area (Å²) in [6.07, 6.45) is 9.17. The molecule has 1 heterocycles. The van der Waals surface area contributed by atoms with Crippen LogP contribution in [0.3, 0.4) is 0 Å². The quantitative estimate of drug-likeness (QED) is 0.141. The molecule has 242 valence electrons. The smallest absolute Gasteiger partial charge is 0.335 e. The van der Waals surface area contributed by atoms with Gasteiger partial charge in [-0.1, -0.05) is 30.3 Å². The van der Waals surface area contributed by atoms with E-state index in [9.17, 15) is 19.2 Å². The molecule has 3 aromatic carbocycles. The van der Waals surface area contributed by atoms with Gasteiger partial charge in [-0.3, -0.25) is 19.7 Å². The van der Waals surface area contributed by atoms with E-state index in [0.29, 0.717) is 38.6 Å². The molecule has 4 saturated carbocycles. The number of nitrogens with one attached hydrogen (secondary N) is 2. The summed E-state index contributed by atoms with van der Waals surface area (Å²) < 4.78 is 12.3. The first-order valence-electron chi connectivity index (χ1n) is 16.2. The molecular formula is C37H36IN3O6. The summed E-state index contributed by atoms with van der Waals surface area (Å²) >= 11 is 2.06. The van der Waals surface area contributed by atoms with E-state index in [0.717, 1.165) is 22.7 Å². The molecule has 9 nitrogen and oxygen atoms in total. The maximum atomic E-state index is 13.7. The highest BCUT2D eigenvalue weighted by Crippen LogP contribution is 2.60. The van der Waals surface area contributed by atoms with Crippen LogP contribution in [-0.4, -0.2) is 37.0 Å². The van der Waals surface area contributed by atoms with Crippen LogP contribution in [0, 0.1) is 21.3 Å². The monoisotopic (exact) mass is 745 g/mol. The third kappa shape index (κ3) is 6.27. The van der Waals surface area contributed by atoms with Crippen molar-refractivity contribution >= 4 is 63.8 Å². The van der Waals surface area contributed by atoms with Gasteiger partial charge in [-0.25, -0.2) is 9.69 Å². The number of halogens is 1. The Labute approximate surface area is 287 Å². The fraction of sp³-hybridized carbons (Fsp3) is 0.351. The molecule has 4 aliphatic carbocycles. The third-order valence-corrected chi connectivity index (χ3v) is 10.7. The predicted molar refractivity (Wildman–Crippen MR) is 186 cm³/mol. The van der Waals surface area contributed by atoms with Gasteiger partial charge >= 0.3 is 6.03 Å². The molecule has 4 bridgehead atoms. The average molecular weight is 746 g/mol. The summed E-state index contributed by atoms with van der Waals surface area (Å²) in [4.78, 5) is 53.2. The van der Waals surface area contributed by atoms with Crippen molar-refractivity contribution in [2.45, 2.75) is 50.9 Å². The minimum atomic E-state index is -0.776. The van der Waals surface area contributed by atoms with Gasteiger partial charge in [-0.2, -0.15) is 0 Å². The second-order valence-corrected chi connectivity index (χ2v) is 14.3. The number of anilines is 2. The maximum absolute atomic E-state index is 13.7. The Kier molecular flexibility index (Phi) is 8.54. The average Bonchev–Trinajstić information content (AvgIpc) is 3.03. The Hall–Kier alpha value is -4.19. The van der Waals surface area contributed by atoms with Crippen LogP contribution in [0.4, 0.5) is 16.2 Å². The van der Waals surface area contributed by atoms with Gasteiger partial charge in [-0.05, 0) is 145 Å². The minimum absolute atomic E-state index is 0.177. The molecule has 0 atom stereocenters. The topological polar surface area (TPSA) is 114 Å². The van der Waals surface area contributed by atoms with Gasteiger partial charge in [-0.15, -0.1) is 0 Å². The van der Waals surface area contributed by atoms with Crippen molar-refractivity contribution < 1.29 is 28.7 Å². The van der Waals surface area contributed by atoms with Crippen molar-refractivity contribution in [3.8, 4) is 11.5 Å². The number of para-hydroxylation sites is 1. The molecule has 8 rings (SSSR count). The van der Waals surface area contributed by atoms with E-state index in [-0.39, 0.29) is 23.5 Å². The third-order valence-electron chi connectivity index (χ3n) is 9.93. The molecule has 10 heteroatoms. The lowest BCUT2D eigenvalue weighted by molar-refractivity contribution is -0.122. The molecule has 3 aromatic rings. The molecule has 47 heavy (non-hydrogen) atoms. The molecule has 1 aliphatic heterocycles. The Morgan fingerprint density at radius 3 is 2.26 bits per heavy atom. The number of barbiturate groups is 1. The summed E-state index contributed by atoms with van der Waals surface area (Å²) in [5, 5.41) is 5.11. The second-order valence-electron chi connectivity index (χ2n) is 13.2. The first kappa shape index (κ1) is 31.4. The molecule has 0 aromatic heterocycles. The van der Waals surface area contributed by atoms with Crippen molar-refractivity contribution in [3.05, 3.63) is 87.0 Å². The number of rotatable bonds is 9. The number of benzene rings is 3. The zero-order chi connectivity index (χ0) is 32.7. The van der Waals surface area contributed by atoms with Gasteiger partial charge < -0.3 is 14.8 Å². The van der Waals surface area contributed by atoms with Crippen LogP contribution in [0.1, 0.15) is 56.6 Å². The van der Waals surface area contributed by atoms with E-state index >= 15 is 0 Å². The molecule has 5 aliphatic rings. The minimum Gasteiger partial charge on any atom is -0.490 e. The van der Waals surface area contributed by atoms with Crippen molar-refractivity contribution in [2.75, 3.05) is 23.4 Å². The standard InChI is InChI=1S/C37H36IN3O6/c1-2-46-31-17-22(16-30(38)33(31)47-21-32(42)39-27-6-4-3-5-7-27)15-29-34(43)40-36(45)41(35(29)44)28-10-8-26(9-11-28)37-18-23-12-24(19-37)14-25(13-23)20-37/h3-11,15-17,23-25H,2,12-14,18-21H2,1H3,(H,39,42)(H,40,43,45). The number of carbonyl (C=O) groups excluding carboxylic acids is 4. The highest BCUT2D eigenvalue weighted by Gasteiger charge is 2.51. The fourth-order valence-electron chi connectivity index (χ4n) is 8.42. The van der Waals surface area contributed by atoms with E-state index in [4.69, 9.17) is 9.47 Å². The molecule has 2 N–H and O–H groups in total. The Morgan fingerprint density at radius 2 is 1.62 bits per heavy atom. The molecular weight excluding hydrogens is 709 g/mol. The predicted octanol–water partition coefficient (Wildman–Crippen LogP) is 6.84. The van der Waals surface area contributed by atoms with Crippen LogP contribution in [-0.2, 0) is 19.8 Å². The number of hydrogen-bond acceptors (Lipinski definition) is 6. The molecule has 0 radical (unpaired) electrons. The number of urea groups is 1. The van der Waals surface area contributed by atoms with Gasteiger partial charge in [0.05, 0.1) is 15.9 Å². The summed E-state index contributed by atoms with van der Waals surface area (Å²) in [5.41, 5.74) is 2.88. The summed E-state index contributed by atoms with van der Waals surface area (Å²) in [7, 11) is 0. The van der Waals surface area contributed by atoms with E-state index in [1.807, 2.05) is 37.3 Å². The number of nitrogens with zero attached hydrogens (tertiary/aromatic N) is 1. The van der Waals surface area contributed by atoms with Crippen LogP contribution >= 0.6 is 22.6 Å². The van der Waals surface area contributed by atoms with E-state index < -0.39 is 17.8 Å². The van der Waals surface area contributed by atoms with Crippen LogP contribution in [0.25, 0.3) is 6.08 Å². The first-order chi connectivity index (χ1) is 22.7. The lowest BCUT2D eigenvalue weighted by Crippen LogP contribution is -2.54. The van der Waals surface area contributed by atoms with Gasteiger partial charge in [0.2, 0.25) is 0 Å². The number of amides is 5. The van der Waals surface area contributed by atoms with Crippen molar-refractivity contribution in [1.82, 2.24) is 5.32 Å². The number of hydrogen-bond donors (Lipinski definition) is 2. The second kappa shape index (κ2) is 12.8. The van der Waals surface area contributed by atoms with Crippen LogP contribution in [0.5, 0.6) is 11.5 Å². The van der Waals surface area contributed by atoms with Gasteiger partial charge in [0.1, 0.15) is 5.57 Å². The number of imide groups is 2. The van der Waals surface area contributed by atoms with E-state index in [2.05, 4.69) is 45.4 Å². The molecule has 1 saturated heterocycles. The van der Waals surface area contributed by atoms with E-state index in [1.54, 1.807) is 24.3 Å². The highest BCUT2D eigenvalue weighted by atomic mass is 127. The van der Waals surface area contributed by atoms with Crippen molar-refractivity contribution in [3.63, 3.8) is 0 Å². The van der Waals surface area contributed by atoms with Crippen molar-refractivity contribution in [2.24, 2.45) is 17.8 Å². The van der Waals surface area contributed by atoms with Crippen LogP contribution in [0.15, 0.2) is 72.3 Å². The molecule has 5 amide bonds. The summed E-state index contributed by atoms with van der Waals surface area (Å²) in [6, 6.07) is 19.5. The zero-order valence-electron chi connectivity index (χ0n) is 26.1. The SMILES string of the molecule is CCOc1cc(C=C2C(=O)NC(=O)N(c3ccc(C45CC6CC(CC(C6)C4)C5)cc3)C2=O)cc(I)c1OCC(=O)Nc1ccccc1. The van der Waals surface area contributed by atoms with Crippen molar-refractivity contribution in [1.29, 1.82) is 0 Å². The Balaban J connectivity index is 1.10. The number of ether oxygens (including phenoxy) is 2. The Morgan fingerprint density at radius 1 is 0.957 bits per heavy atom. The summed E-state index contributed by atoms with van der Waals surface area (Å²) in [5.74, 6) is 1.34. The maximum Gasteiger partial charge on any atom is 0.335 e. The summed E-state index contributed by atoms with van der Waals surface area (Å²) in [6.45, 7) is 1.90. The lowest BCUT2D eigenvalue weighted by Gasteiger charge is -2.57. The molecule has 0 unspecified atom stereocenters. The van der Waals surface area contributed by atoms with Crippen LogP contribution < -0.4 is 25.0 Å². The zero-order valence-corrected chi connectivity index (χ0v) is 28.2. The fourth-order valence-corrected chi connectivity index (χ4v) is 9.20. The molecule has 5 fully saturated rings. The van der Waals surface area contributed by atoms with Crippen LogP contribution in [0.2, 0.25) is 0 Å². The van der Waals surface area contributed by atoms with Gasteiger partial charge in [0.15, 0.2) is 18.1 Å².